The maximum absolute atomic E-state index is 13.0. The summed E-state index contributed by atoms with van der Waals surface area (Å²) in [6.45, 7) is 0.275. The van der Waals surface area contributed by atoms with E-state index >= 15 is 0 Å². The lowest BCUT2D eigenvalue weighted by Crippen LogP contribution is -2.55. The van der Waals surface area contributed by atoms with Crippen molar-refractivity contribution in [2.24, 2.45) is 23.7 Å². The molecule has 4 saturated carbocycles. The predicted molar refractivity (Wildman–Crippen MR) is 118 cm³/mol. The molecule has 0 unspecified atom stereocenters. The van der Waals surface area contributed by atoms with Crippen LogP contribution in [-0.4, -0.2) is 35.2 Å². The summed E-state index contributed by atoms with van der Waals surface area (Å²) in [6, 6.07) is 11.5. The first-order chi connectivity index (χ1) is 15.1. The summed E-state index contributed by atoms with van der Waals surface area (Å²) >= 11 is 0. The highest BCUT2D eigenvalue weighted by Gasteiger charge is 2.48. The second kappa shape index (κ2) is 7.18. The average Bonchev–Trinajstić information content (AvgIpc) is 2.76. The molecule has 5 nitrogen and oxygen atoms in total. The highest BCUT2D eigenvalue weighted by molar-refractivity contribution is 6.25. The molecule has 0 saturated heterocycles. The van der Waals surface area contributed by atoms with E-state index in [0.717, 1.165) is 22.6 Å². The Labute approximate surface area is 182 Å². The van der Waals surface area contributed by atoms with Crippen LogP contribution in [0.4, 0.5) is 0 Å². The molecule has 0 atom stereocenters. The Bertz CT molecular complexity index is 1010. The normalized spacial score (nSPS) is 30.8. The molecule has 2 aromatic carbocycles. The monoisotopic (exact) mass is 416 g/mol. The van der Waals surface area contributed by atoms with Gasteiger partial charge in [0.05, 0.1) is 0 Å². The minimum absolute atomic E-state index is 0.0666. The quantitative estimate of drug-likeness (QED) is 0.745. The number of nitrogens with one attached hydrogen (secondary N) is 1. The summed E-state index contributed by atoms with van der Waals surface area (Å²) in [5, 5.41) is 4.98. The average molecular weight is 417 g/mol. The largest absolute Gasteiger partial charge is 0.353 e. The highest BCUT2D eigenvalue weighted by atomic mass is 16.2. The number of rotatable bonds is 5. The summed E-state index contributed by atoms with van der Waals surface area (Å²) in [7, 11) is 0. The molecule has 5 aliphatic rings. The van der Waals surface area contributed by atoms with E-state index in [9.17, 15) is 14.4 Å². The molecule has 1 aliphatic heterocycles. The Morgan fingerprint density at radius 1 is 0.871 bits per heavy atom. The van der Waals surface area contributed by atoms with Crippen molar-refractivity contribution in [2.45, 2.75) is 51.0 Å². The molecule has 5 heteroatoms. The van der Waals surface area contributed by atoms with E-state index in [2.05, 4.69) is 5.32 Å². The van der Waals surface area contributed by atoms with Gasteiger partial charge in [-0.25, -0.2) is 0 Å². The molecule has 0 radical (unpaired) electrons. The topological polar surface area (TPSA) is 66.5 Å². The van der Waals surface area contributed by atoms with Crippen molar-refractivity contribution in [1.29, 1.82) is 0 Å². The highest BCUT2D eigenvalue weighted by Crippen LogP contribution is 2.53. The van der Waals surface area contributed by atoms with Gasteiger partial charge >= 0.3 is 0 Å². The molecule has 4 aliphatic carbocycles. The van der Waals surface area contributed by atoms with Gasteiger partial charge in [-0.2, -0.15) is 0 Å². The third-order valence-corrected chi connectivity index (χ3v) is 8.20. The summed E-state index contributed by atoms with van der Waals surface area (Å²) < 4.78 is 0. The number of benzene rings is 2. The van der Waals surface area contributed by atoms with Crippen LogP contribution in [0.5, 0.6) is 0 Å². The first-order valence-electron chi connectivity index (χ1n) is 11.8. The van der Waals surface area contributed by atoms with Crippen LogP contribution in [0, 0.1) is 23.7 Å². The van der Waals surface area contributed by atoms with Crippen molar-refractivity contribution in [3.05, 3.63) is 47.5 Å². The van der Waals surface area contributed by atoms with E-state index in [4.69, 9.17) is 0 Å². The fourth-order valence-electron chi connectivity index (χ4n) is 7.10. The van der Waals surface area contributed by atoms with E-state index in [1.54, 1.807) is 12.1 Å². The molecule has 2 aromatic rings. The Balaban J connectivity index is 1.09. The molecule has 4 bridgehead atoms. The minimum atomic E-state index is -0.254. The lowest BCUT2D eigenvalue weighted by Gasteiger charge is -2.54. The van der Waals surface area contributed by atoms with Gasteiger partial charge in [0.1, 0.15) is 0 Å². The second-order valence-corrected chi connectivity index (χ2v) is 10.1. The van der Waals surface area contributed by atoms with Gasteiger partial charge in [-0.3, -0.25) is 19.3 Å². The smallest absolute Gasteiger partial charge is 0.261 e. The number of nitrogens with zero attached hydrogens (tertiary/aromatic N) is 1. The van der Waals surface area contributed by atoms with Crippen LogP contribution in [0.2, 0.25) is 0 Å². The summed E-state index contributed by atoms with van der Waals surface area (Å²) in [6.07, 6.45) is 7.36. The van der Waals surface area contributed by atoms with E-state index in [-0.39, 0.29) is 24.3 Å². The van der Waals surface area contributed by atoms with Crippen LogP contribution < -0.4 is 5.32 Å². The lowest BCUT2D eigenvalue weighted by atomic mass is 9.54. The Kier molecular flexibility index (Phi) is 4.41. The summed E-state index contributed by atoms with van der Waals surface area (Å²) in [5.41, 5.74) is 1.15. The molecule has 0 aromatic heterocycles. The summed E-state index contributed by atoms with van der Waals surface area (Å²) in [4.78, 5) is 40.0. The zero-order valence-corrected chi connectivity index (χ0v) is 17.7. The van der Waals surface area contributed by atoms with E-state index in [1.165, 1.54) is 37.0 Å². The van der Waals surface area contributed by atoms with Crippen LogP contribution in [-0.2, 0) is 4.79 Å². The SMILES string of the molecule is O=C(CCCN1C(=O)c2cccc3cccc(c23)C1=O)NC1C2CC3CC(C2)CC1C3. The molecule has 7 rings (SSSR count). The van der Waals surface area contributed by atoms with Gasteiger partial charge < -0.3 is 5.32 Å². The van der Waals surface area contributed by atoms with Gasteiger partial charge in [0, 0.05) is 35.5 Å². The second-order valence-electron chi connectivity index (χ2n) is 10.1. The molecule has 3 amide bonds. The number of hydrogen-bond acceptors (Lipinski definition) is 3. The Morgan fingerprint density at radius 2 is 1.45 bits per heavy atom. The van der Waals surface area contributed by atoms with Crippen molar-refractivity contribution in [3.63, 3.8) is 0 Å². The molecule has 1 heterocycles. The number of carbonyl (C=O) groups excluding carboxylic acids is 3. The van der Waals surface area contributed by atoms with Gasteiger partial charge in [0.25, 0.3) is 11.8 Å². The van der Waals surface area contributed by atoms with Gasteiger partial charge in [0.15, 0.2) is 0 Å². The maximum Gasteiger partial charge on any atom is 0.261 e. The number of hydrogen-bond donors (Lipinski definition) is 1. The molecule has 4 fully saturated rings. The van der Waals surface area contributed by atoms with Crippen LogP contribution in [0.3, 0.4) is 0 Å². The van der Waals surface area contributed by atoms with E-state index in [1.807, 2.05) is 24.3 Å². The first-order valence-corrected chi connectivity index (χ1v) is 11.8. The minimum Gasteiger partial charge on any atom is -0.353 e. The number of carbonyl (C=O) groups is 3. The number of amides is 3. The van der Waals surface area contributed by atoms with Crippen molar-refractivity contribution < 1.29 is 14.4 Å². The number of imide groups is 1. The van der Waals surface area contributed by atoms with E-state index < -0.39 is 0 Å². The molecule has 31 heavy (non-hydrogen) atoms. The van der Waals surface area contributed by atoms with Gasteiger partial charge in [0.2, 0.25) is 5.91 Å². The van der Waals surface area contributed by atoms with Crippen molar-refractivity contribution in [2.75, 3.05) is 6.54 Å². The van der Waals surface area contributed by atoms with Crippen LogP contribution in [0.15, 0.2) is 36.4 Å². The zero-order valence-electron chi connectivity index (χ0n) is 17.7. The van der Waals surface area contributed by atoms with Gasteiger partial charge in [-0.1, -0.05) is 24.3 Å². The van der Waals surface area contributed by atoms with Crippen LogP contribution in [0.1, 0.15) is 65.7 Å². The maximum atomic E-state index is 13.0. The third-order valence-electron chi connectivity index (χ3n) is 8.20. The molecule has 0 spiro atoms. The molecular formula is C26H28N2O3. The van der Waals surface area contributed by atoms with E-state index in [0.29, 0.717) is 41.8 Å². The Morgan fingerprint density at radius 3 is 2.03 bits per heavy atom. The Hall–Kier alpha value is -2.69. The van der Waals surface area contributed by atoms with Crippen LogP contribution >= 0.6 is 0 Å². The third kappa shape index (κ3) is 3.08. The fourth-order valence-corrected chi connectivity index (χ4v) is 7.10. The van der Waals surface area contributed by atoms with Crippen molar-refractivity contribution in [1.82, 2.24) is 10.2 Å². The zero-order chi connectivity index (χ0) is 21.1. The summed E-state index contributed by atoms with van der Waals surface area (Å²) in [5.74, 6) is 2.64. The predicted octanol–water partition coefficient (Wildman–Crippen LogP) is 4.16. The fraction of sp³-hybridized carbons (Fsp3) is 0.500. The molecule has 160 valence electrons. The van der Waals surface area contributed by atoms with Crippen molar-refractivity contribution in [3.8, 4) is 0 Å². The van der Waals surface area contributed by atoms with Gasteiger partial charge in [-0.15, -0.1) is 0 Å². The molecule has 1 N–H and O–H groups in total. The van der Waals surface area contributed by atoms with Crippen LogP contribution in [0.25, 0.3) is 10.8 Å². The molecular weight excluding hydrogens is 388 g/mol. The standard InChI is InChI=1S/C26H28N2O3/c29-22(27-24-18-11-15-10-16(13-18)14-19(24)12-15)8-3-9-28-25(30)20-6-1-4-17-5-2-7-21(23(17)20)26(28)31/h1-2,4-7,15-16,18-19,24H,3,8-14H2,(H,27,29). The first kappa shape index (κ1) is 19.0. The lowest BCUT2D eigenvalue weighted by molar-refractivity contribution is -0.125. The van der Waals surface area contributed by atoms with Gasteiger partial charge in [-0.05, 0) is 79.7 Å². The van der Waals surface area contributed by atoms with Crippen molar-refractivity contribution >= 4 is 28.5 Å².